The predicted molar refractivity (Wildman–Crippen MR) is 81.4 cm³/mol. The van der Waals surface area contributed by atoms with E-state index in [1.54, 1.807) is 0 Å². The minimum absolute atomic E-state index is 0.754. The number of aromatic nitrogens is 1. The van der Waals surface area contributed by atoms with Crippen molar-refractivity contribution in [2.75, 3.05) is 50.8 Å². The van der Waals surface area contributed by atoms with Crippen molar-refractivity contribution in [1.29, 1.82) is 0 Å². The molecular weight excluding hydrogens is 274 g/mol. The van der Waals surface area contributed by atoms with Crippen molar-refractivity contribution in [2.45, 2.75) is 12.8 Å². The van der Waals surface area contributed by atoms with Gasteiger partial charge < -0.3 is 9.64 Å². The normalized spacial score (nSPS) is 24.2. The molecule has 20 heavy (non-hydrogen) atoms. The van der Waals surface area contributed by atoms with Crippen LogP contribution in [0.25, 0.3) is 0 Å². The van der Waals surface area contributed by atoms with Gasteiger partial charge in [0.2, 0.25) is 0 Å². The molecule has 110 valence electrons. The van der Waals surface area contributed by atoms with Crippen molar-refractivity contribution in [3.63, 3.8) is 0 Å². The monoisotopic (exact) mass is 295 g/mol. The Morgan fingerprint density at radius 3 is 2.85 bits per heavy atom. The number of hydrogen-bond acceptors (Lipinski definition) is 4. The molecule has 3 rings (SSSR count). The molecule has 1 aromatic rings. The van der Waals surface area contributed by atoms with E-state index in [0.717, 1.165) is 56.2 Å². The van der Waals surface area contributed by atoms with Crippen LogP contribution < -0.4 is 4.90 Å². The summed E-state index contributed by atoms with van der Waals surface area (Å²) in [7, 11) is 0. The molecule has 0 spiro atoms. The number of hydrogen-bond donors (Lipinski definition) is 0. The lowest BCUT2D eigenvalue weighted by Crippen LogP contribution is -2.47. The zero-order valence-corrected chi connectivity index (χ0v) is 12.6. The molecule has 4 nitrogen and oxygen atoms in total. The van der Waals surface area contributed by atoms with Gasteiger partial charge in [-0.3, -0.25) is 4.90 Å². The lowest BCUT2D eigenvalue weighted by molar-refractivity contribution is 0.176. The number of anilines is 1. The highest BCUT2D eigenvalue weighted by Gasteiger charge is 2.21. The Labute approximate surface area is 125 Å². The third-order valence-electron chi connectivity index (χ3n) is 4.29. The molecular formula is C15H22ClN3O. The highest BCUT2D eigenvalue weighted by Crippen LogP contribution is 2.23. The molecule has 1 atom stereocenters. The van der Waals surface area contributed by atoms with Crippen LogP contribution in [0.1, 0.15) is 12.8 Å². The van der Waals surface area contributed by atoms with Gasteiger partial charge in [-0.2, -0.15) is 0 Å². The highest BCUT2D eigenvalue weighted by atomic mass is 35.5. The van der Waals surface area contributed by atoms with Crippen molar-refractivity contribution in [3.05, 3.63) is 23.4 Å². The molecule has 0 aromatic carbocycles. The van der Waals surface area contributed by atoms with E-state index in [1.807, 2.05) is 18.3 Å². The van der Waals surface area contributed by atoms with Gasteiger partial charge in [0.1, 0.15) is 5.82 Å². The molecule has 0 bridgehead atoms. The molecule has 0 aliphatic carbocycles. The summed E-state index contributed by atoms with van der Waals surface area (Å²) in [5.74, 6) is 1.70. The van der Waals surface area contributed by atoms with E-state index in [-0.39, 0.29) is 0 Å². The Kier molecular flexibility index (Phi) is 4.76. The molecule has 3 heterocycles. The minimum Gasteiger partial charge on any atom is -0.381 e. The van der Waals surface area contributed by atoms with Gasteiger partial charge in [0.05, 0.1) is 5.02 Å². The molecule has 2 aliphatic heterocycles. The summed E-state index contributed by atoms with van der Waals surface area (Å²) in [5, 5.41) is 0.754. The maximum absolute atomic E-state index is 6.21. The zero-order chi connectivity index (χ0) is 13.8. The maximum Gasteiger partial charge on any atom is 0.147 e. The largest absolute Gasteiger partial charge is 0.381 e. The summed E-state index contributed by atoms with van der Waals surface area (Å²) >= 11 is 6.21. The van der Waals surface area contributed by atoms with Gasteiger partial charge in [-0.1, -0.05) is 11.6 Å². The van der Waals surface area contributed by atoms with Crippen molar-refractivity contribution in [3.8, 4) is 0 Å². The van der Waals surface area contributed by atoms with Crippen LogP contribution in [0, 0.1) is 5.92 Å². The fourth-order valence-corrected chi connectivity index (χ4v) is 3.21. The van der Waals surface area contributed by atoms with Crippen LogP contribution in [0.15, 0.2) is 18.3 Å². The van der Waals surface area contributed by atoms with Gasteiger partial charge in [0.15, 0.2) is 0 Å². The quantitative estimate of drug-likeness (QED) is 0.852. The Hall–Kier alpha value is -0.840. The van der Waals surface area contributed by atoms with Crippen LogP contribution in [0.4, 0.5) is 5.82 Å². The molecule has 0 N–H and O–H groups in total. The number of rotatable bonds is 4. The van der Waals surface area contributed by atoms with Crippen LogP contribution >= 0.6 is 11.6 Å². The molecule has 2 aliphatic rings. The highest BCUT2D eigenvalue weighted by molar-refractivity contribution is 6.32. The molecule has 2 saturated heterocycles. The van der Waals surface area contributed by atoms with Crippen molar-refractivity contribution in [1.82, 2.24) is 9.88 Å². The number of nitrogens with zero attached hydrogens (tertiary/aromatic N) is 3. The summed E-state index contributed by atoms with van der Waals surface area (Å²) < 4.78 is 5.44. The van der Waals surface area contributed by atoms with Crippen molar-refractivity contribution < 1.29 is 4.74 Å². The van der Waals surface area contributed by atoms with E-state index >= 15 is 0 Å². The molecule has 1 aromatic heterocycles. The van der Waals surface area contributed by atoms with Gasteiger partial charge in [0.25, 0.3) is 0 Å². The first-order valence-electron chi connectivity index (χ1n) is 7.48. The van der Waals surface area contributed by atoms with Gasteiger partial charge >= 0.3 is 0 Å². The summed E-state index contributed by atoms with van der Waals surface area (Å²) in [4.78, 5) is 9.23. The average molecular weight is 296 g/mol. The SMILES string of the molecule is Clc1cccnc1N1CCN(CC[C@@H]2CCOC2)CC1. The first kappa shape index (κ1) is 14.1. The molecule has 0 unspecified atom stereocenters. The lowest BCUT2D eigenvalue weighted by atomic mass is 10.0. The molecule has 0 amide bonds. The zero-order valence-electron chi connectivity index (χ0n) is 11.8. The Bertz CT molecular complexity index is 429. The van der Waals surface area contributed by atoms with Gasteiger partial charge in [-0.05, 0) is 37.4 Å². The van der Waals surface area contributed by atoms with E-state index in [1.165, 1.54) is 19.4 Å². The van der Waals surface area contributed by atoms with Crippen LogP contribution in [0.2, 0.25) is 5.02 Å². The Balaban J connectivity index is 1.46. The van der Waals surface area contributed by atoms with Gasteiger partial charge in [-0.15, -0.1) is 0 Å². The minimum atomic E-state index is 0.754. The summed E-state index contributed by atoms with van der Waals surface area (Å²) in [6.07, 6.45) is 4.32. The molecule has 2 fully saturated rings. The van der Waals surface area contributed by atoms with Crippen molar-refractivity contribution >= 4 is 17.4 Å². The topological polar surface area (TPSA) is 28.6 Å². The fraction of sp³-hybridized carbons (Fsp3) is 0.667. The number of halogens is 1. The van der Waals surface area contributed by atoms with E-state index in [0.29, 0.717) is 0 Å². The van der Waals surface area contributed by atoms with E-state index < -0.39 is 0 Å². The number of ether oxygens (including phenoxy) is 1. The lowest BCUT2D eigenvalue weighted by Gasteiger charge is -2.36. The van der Waals surface area contributed by atoms with E-state index in [9.17, 15) is 0 Å². The van der Waals surface area contributed by atoms with Crippen LogP contribution in [0.5, 0.6) is 0 Å². The first-order valence-corrected chi connectivity index (χ1v) is 7.86. The summed E-state index contributed by atoms with van der Waals surface area (Å²) in [6.45, 7) is 7.33. The van der Waals surface area contributed by atoms with Gasteiger partial charge in [-0.25, -0.2) is 4.98 Å². The van der Waals surface area contributed by atoms with E-state index in [4.69, 9.17) is 16.3 Å². The van der Waals surface area contributed by atoms with Crippen LogP contribution in [-0.4, -0.2) is 55.8 Å². The molecule has 0 saturated carbocycles. The maximum atomic E-state index is 6.21. The second kappa shape index (κ2) is 6.74. The Morgan fingerprint density at radius 2 is 2.15 bits per heavy atom. The third-order valence-corrected chi connectivity index (χ3v) is 4.58. The second-order valence-corrected chi connectivity index (χ2v) is 6.06. The molecule has 5 heteroatoms. The van der Waals surface area contributed by atoms with E-state index in [2.05, 4.69) is 14.8 Å². The fourth-order valence-electron chi connectivity index (χ4n) is 2.97. The van der Waals surface area contributed by atoms with Crippen LogP contribution in [0.3, 0.4) is 0 Å². The first-order chi connectivity index (χ1) is 9.83. The van der Waals surface area contributed by atoms with Crippen molar-refractivity contribution in [2.24, 2.45) is 5.92 Å². The number of piperazine rings is 1. The smallest absolute Gasteiger partial charge is 0.147 e. The number of pyridine rings is 1. The Morgan fingerprint density at radius 1 is 1.30 bits per heavy atom. The summed E-state index contributed by atoms with van der Waals surface area (Å²) in [5.41, 5.74) is 0. The van der Waals surface area contributed by atoms with Gasteiger partial charge in [0, 0.05) is 45.6 Å². The third kappa shape index (κ3) is 3.43. The average Bonchev–Trinajstić information content (AvgIpc) is 3.00. The summed E-state index contributed by atoms with van der Waals surface area (Å²) in [6, 6.07) is 3.79. The van der Waals surface area contributed by atoms with Crippen LogP contribution in [-0.2, 0) is 4.74 Å². The standard InChI is InChI=1S/C15H22ClN3O/c16-14-2-1-5-17-15(14)19-9-7-18(8-10-19)6-3-13-4-11-20-12-13/h1-2,5,13H,3-4,6-12H2/t13-/m1/s1. The molecule has 0 radical (unpaired) electrons. The predicted octanol–water partition coefficient (Wildman–Crippen LogP) is 2.28. The second-order valence-electron chi connectivity index (χ2n) is 5.66.